The number of hydrogen-bond donors (Lipinski definition) is 2. The van der Waals surface area contributed by atoms with Gasteiger partial charge in [0.1, 0.15) is 0 Å². The van der Waals surface area contributed by atoms with E-state index in [4.69, 9.17) is 15.2 Å². The highest BCUT2D eigenvalue weighted by atomic mass is 35.5. The van der Waals surface area contributed by atoms with Crippen LogP contribution in [0.1, 0.15) is 30.9 Å². The lowest BCUT2D eigenvalue weighted by Gasteiger charge is -2.15. The molecule has 0 unspecified atom stereocenters. The van der Waals surface area contributed by atoms with E-state index in [0.717, 1.165) is 29.7 Å². The van der Waals surface area contributed by atoms with E-state index in [9.17, 15) is 4.79 Å². The molecule has 0 bridgehead atoms. The van der Waals surface area contributed by atoms with Gasteiger partial charge in [0.05, 0.1) is 25.4 Å². The normalized spacial score (nSPS) is 15.0. The largest absolute Gasteiger partial charge is 0.379 e. The highest BCUT2D eigenvalue weighted by molar-refractivity contribution is 6.00. The van der Waals surface area contributed by atoms with Gasteiger partial charge in [-0.15, -0.1) is 12.4 Å². The predicted octanol–water partition coefficient (Wildman–Crippen LogP) is 2.40. The zero-order valence-corrected chi connectivity index (χ0v) is 14.0. The maximum absolute atomic E-state index is 12.0. The smallest absolute Gasteiger partial charge is 0.244 e. The average molecular weight is 329 g/mol. The summed E-state index contributed by atoms with van der Waals surface area (Å²) in [7, 11) is 0. The zero-order valence-electron chi connectivity index (χ0n) is 13.2. The van der Waals surface area contributed by atoms with Crippen LogP contribution in [0.2, 0.25) is 0 Å². The van der Waals surface area contributed by atoms with Gasteiger partial charge in [-0.1, -0.05) is 12.1 Å². The summed E-state index contributed by atoms with van der Waals surface area (Å²) in [4.78, 5) is 12.0. The molecule has 124 valence electrons. The highest BCUT2D eigenvalue weighted by Gasteiger charge is 2.46. The fraction of sp³-hybridized carbons (Fsp3) is 0.562. The van der Waals surface area contributed by atoms with Gasteiger partial charge >= 0.3 is 0 Å². The first-order valence-electron chi connectivity index (χ1n) is 7.41. The fourth-order valence-corrected chi connectivity index (χ4v) is 2.03. The van der Waals surface area contributed by atoms with Gasteiger partial charge < -0.3 is 20.5 Å². The molecule has 1 aliphatic rings. The molecule has 1 saturated carbocycles. The zero-order chi connectivity index (χ0) is 15.3. The van der Waals surface area contributed by atoms with Gasteiger partial charge in [0, 0.05) is 12.3 Å². The molecule has 1 amide bonds. The summed E-state index contributed by atoms with van der Waals surface area (Å²) in [6.45, 7) is 6.31. The van der Waals surface area contributed by atoms with Crippen LogP contribution < -0.4 is 11.1 Å². The van der Waals surface area contributed by atoms with Gasteiger partial charge in [-0.05, 0) is 43.9 Å². The molecule has 0 spiro atoms. The minimum Gasteiger partial charge on any atom is -0.379 e. The molecule has 3 N–H and O–H groups in total. The Labute approximate surface area is 138 Å². The van der Waals surface area contributed by atoms with Crippen molar-refractivity contribution in [3.8, 4) is 0 Å². The van der Waals surface area contributed by atoms with Crippen LogP contribution in [0, 0.1) is 6.92 Å². The second-order valence-electron chi connectivity index (χ2n) is 5.45. The van der Waals surface area contributed by atoms with Crippen LogP contribution in [-0.4, -0.2) is 31.3 Å². The topological polar surface area (TPSA) is 73.6 Å². The van der Waals surface area contributed by atoms with Crippen molar-refractivity contribution in [1.82, 2.24) is 0 Å². The Morgan fingerprint density at radius 1 is 1.32 bits per heavy atom. The van der Waals surface area contributed by atoms with E-state index in [-0.39, 0.29) is 18.3 Å². The van der Waals surface area contributed by atoms with E-state index in [2.05, 4.69) is 5.32 Å². The van der Waals surface area contributed by atoms with E-state index in [1.54, 1.807) is 0 Å². The second-order valence-corrected chi connectivity index (χ2v) is 5.45. The summed E-state index contributed by atoms with van der Waals surface area (Å²) < 4.78 is 10.8. The Morgan fingerprint density at radius 3 is 2.64 bits per heavy atom. The van der Waals surface area contributed by atoms with E-state index in [1.165, 1.54) is 0 Å². The number of benzene rings is 1. The van der Waals surface area contributed by atoms with Crippen molar-refractivity contribution in [2.75, 3.05) is 25.1 Å². The Bertz CT molecular complexity index is 504. The van der Waals surface area contributed by atoms with Crippen LogP contribution in [0.4, 0.5) is 5.69 Å². The van der Waals surface area contributed by atoms with E-state index >= 15 is 0 Å². The van der Waals surface area contributed by atoms with E-state index in [1.807, 2.05) is 32.0 Å². The standard InChI is InChI=1S/C16H24N2O3.ClH/c1-3-20-9-10-21-11-13-5-4-6-14(12(13)2)18-15(19)16(17)7-8-16;/h4-6H,3,7-11,17H2,1-2H3,(H,18,19);1H. The minimum absolute atomic E-state index is 0. The molecule has 0 heterocycles. The maximum Gasteiger partial charge on any atom is 0.244 e. The molecule has 2 rings (SSSR count). The quantitative estimate of drug-likeness (QED) is 0.719. The van der Waals surface area contributed by atoms with Crippen molar-refractivity contribution >= 4 is 24.0 Å². The molecular weight excluding hydrogens is 304 g/mol. The van der Waals surface area contributed by atoms with Crippen LogP contribution in [0.3, 0.4) is 0 Å². The summed E-state index contributed by atoms with van der Waals surface area (Å²) in [6.07, 6.45) is 1.52. The first-order valence-corrected chi connectivity index (χ1v) is 7.41. The summed E-state index contributed by atoms with van der Waals surface area (Å²) in [5.74, 6) is -0.0972. The van der Waals surface area contributed by atoms with Crippen LogP contribution in [-0.2, 0) is 20.9 Å². The van der Waals surface area contributed by atoms with Gasteiger partial charge in [-0.25, -0.2) is 0 Å². The van der Waals surface area contributed by atoms with Crippen molar-refractivity contribution in [3.63, 3.8) is 0 Å². The molecule has 0 saturated heterocycles. The molecule has 1 aromatic carbocycles. The first kappa shape index (κ1) is 18.9. The molecule has 0 atom stereocenters. The van der Waals surface area contributed by atoms with E-state index < -0.39 is 5.54 Å². The summed E-state index contributed by atoms with van der Waals surface area (Å²) in [6, 6.07) is 5.81. The predicted molar refractivity (Wildman–Crippen MR) is 89.4 cm³/mol. The lowest BCUT2D eigenvalue weighted by Crippen LogP contribution is -2.38. The van der Waals surface area contributed by atoms with Crippen molar-refractivity contribution in [2.45, 2.75) is 38.8 Å². The van der Waals surface area contributed by atoms with Gasteiger partial charge in [0.15, 0.2) is 0 Å². The van der Waals surface area contributed by atoms with E-state index in [0.29, 0.717) is 26.4 Å². The number of nitrogens with one attached hydrogen (secondary N) is 1. The lowest BCUT2D eigenvalue weighted by atomic mass is 10.1. The highest BCUT2D eigenvalue weighted by Crippen LogP contribution is 2.33. The number of carbonyl (C=O) groups excluding carboxylic acids is 1. The minimum atomic E-state index is -0.656. The second kappa shape index (κ2) is 8.48. The molecule has 22 heavy (non-hydrogen) atoms. The van der Waals surface area contributed by atoms with Crippen molar-refractivity contribution in [1.29, 1.82) is 0 Å². The third kappa shape index (κ3) is 4.95. The van der Waals surface area contributed by atoms with Gasteiger partial charge in [0.25, 0.3) is 0 Å². The average Bonchev–Trinajstić information content (AvgIpc) is 3.21. The molecule has 5 nitrogen and oxygen atoms in total. The number of halogens is 1. The van der Waals surface area contributed by atoms with Crippen molar-refractivity contribution in [3.05, 3.63) is 29.3 Å². The summed E-state index contributed by atoms with van der Waals surface area (Å²) in [5, 5.41) is 2.92. The summed E-state index contributed by atoms with van der Waals surface area (Å²) >= 11 is 0. The molecule has 1 aromatic rings. The van der Waals surface area contributed by atoms with Gasteiger partial charge in [0.2, 0.25) is 5.91 Å². The third-order valence-corrected chi connectivity index (χ3v) is 3.77. The number of anilines is 1. The van der Waals surface area contributed by atoms with Crippen LogP contribution >= 0.6 is 12.4 Å². The molecule has 0 radical (unpaired) electrons. The number of amides is 1. The monoisotopic (exact) mass is 328 g/mol. The van der Waals surface area contributed by atoms with Crippen molar-refractivity contribution in [2.24, 2.45) is 5.73 Å². The molecule has 0 aromatic heterocycles. The summed E-state index contributed by atoms with van der Waals surface area (Å²) in [5.41, 5.74) is 8.13. The Hall–Kier alpha value is -1.14. The third-order valence-electron chi connectivity index (χ3n) is 3.77. The molecule has 1 fully saturated rings. The number of carbonyl (C=O) groups is 1. The van der Waals surface area contributed by atoms with Gasteiger partial charge in [-0.3, -0.25) is 4.79 Å². The number of ether oxygens (including phenoxy) is 2. The lowest BCUT2D eigenvalue weighted by molar-refractivity contribution is -0.118. The molecule has 6 heteroatoms. The number of hydrogen-bond acceptors (Lipinski definition) is 4. The SMILES string of the molecule is CCOCCOCc1cccc(NC(=O)C2(N)CC2)c1C.Cl. The molecule has 1 aliphatic carbocycles. The Kier molecular flexibility index (Phi) is 7.29. The number of rotatable bonds is 8. The number of nitrogens with two attached hydrogens (primary N) is 1. The Morgan fingerprint density at radius 2 is 2.00 bits per heavy atom. The van der Waals surface area contributed by atoms with Gasteiger partial charge in [-0.2, -0.15) is 0 Å². The van der Waals surface area contributed by atoms with Crippen molar-refractivity contribution < 1.29 is 14.3 Å². The maximum atomic E-state index is 12.0. The Balaban J connectivity index is 0.00000242. The van der Waals surface area contributed by atoms with Crippen LogP contribution in [0.5, 0.6) is 0 Å². The van der Waals surface area contributed by atoms with Crippen LogP contribution in [0.15, 0.2) is 18.2 Å². The van der Waals surface area contributed by atoms with Crippen LogP contribution in [0.25, 0.3) is 0 Å². The molecular formula is C16H25ClN2O3. The molecule has 0 aliphatic heterocycles. The fourth-order valence-electron chi connectivity index (χ4n) is 2.03. The first-order chi connectivity index (χ1) is 10.1.